The number of carboxylic acids is 1. The molecule has 0 aliphatic carbocycles. The van der Waals surface area contributed by atoms with Crippen molar-refractivity contribution in [3.63, 3.8) is 0 Å². The summed E-state index contributed by atoms with van der Waals surface area (Å²) in [6, 6.07) is 0. The lowest BCUT2D eigenvalue weighted by Gasteiger charge is -1.97. The first-order chi connectivity index (χ1) is 4.66. The zero-order valence-electron chi connectivity index (χ0n) is 5.59. The average molecular weight is 144 g/mol. The average Bonchev–Trinajstić information content (AvgIpc) is 1.85. The second kappa shape index (κ2) is 4.78. The van der Waals surface area contributed by atoms with Crippen LogP contribution in [0.3, 0.4) is 0 Å². The third-order valence-corrected chi connectivity index (χ3v) is 0.841. The molecular formula is C6H10NO3. The van der Waals surface area contributed by atoms with Crippen LogP contribution < -0.4 is 5.32 Å². The monoisotopic (exact) mass is 144 g/mol. The molecule has 0 aliphatic heterocycles. The summed E-state index contributed by atoms with van der Waals surface area (Å²) in [6.45, 7) is 3.14. The molecule has 0 bridgehead atoms. The molecule has 0 saturated heterocycles. The highest BCUT2D eigenvalue weighted by Crippen LogP contribution is 1.83. The highest BCUT2D eigenvalue weighted by molar-refractivity contribution is 5.80. The summed E-state index contributed by atoms with van der Waals surface area (Å²) in [5.74, 6) is -1.30. The number of nitrogens with one attached hydrogen (secondary N) is 1. The van der Waals surface area contributed by atoms with Gasteiger partial charge in [-0.05, 0) is 6.42 Å². The normalized spacial score (nSPS) is 8.90. The SMILES string of the molecule is [CH2]CCC(=O)NCC(=O)O. The number of carbonyl (C=O) groups is 2. The first kappa shape index (κ1) is 8.94. The Morgan fingerprint density at radius 1 is 1.50 bits per heavy atom. The maximum Gasteiger partial charge on any atom is 0.322 e. The van der Waals surface area contributed by atoms with Crippen molar-refractivity contribution in [2.45, 2.75) is 12.8 Å². The molecule has 0 rings (SSSR count). The van der Waals surface area contributed by atoms with Gasteiger partial charge in [-0.2, -0.15) is 0 Å². The fourth-order valence-electron chi connectivity index (χ4n) is 0.423. The molecule has 1 amide bonds. The van der Waals surface area contributed by atoms with Crippen LogP contribution in [0.25, 0.3) is 0 Å². The smallest absolute Gasteiger partial charge is 0.322 e. The molecule has 4 heteroatoms. The summed E-state index contributed by atoms with van der Waals surface area (Å²) in [4.78, 5) is 20.4. The van der Waals surface area contributed by atoms with E-state index < -0.39 is 5.97 Å². The van der Waals surface area contributed by atoms with Crippen LogP contribution in [0.1, 0.15) is 12.8 Å². The van der Waals surface area contributed by atoms with Crippen molar-refractivity contribution in [3.8, 4) is 0 Å². The van der Waals surface area contributed by atoms with E-state index >= 15 is 0 Å². The third-order valence-electron chi connectivity index (χ3n) is 0.841. The summed E-state index contributed by atoms with van der Waals surface area (Å²) in [6.07, 6.45) is 0.777. The molecular weight excluding hydrogens is 134 g/mol. The highest BCUT2D eigenvalue weighted by atomic mass is 16.4. The molecule has 0 aromatic carbocycles. The van der Waals surface area contributed by atoms with E-state index in [1.165, 1.54) is 0 Å². The first-order valence-corrected chi connectivity index (χ1v) is 2.94. The summed E-state index contributed by atoms with van der Waals surface area (Å²) < 4.78 is 0. The van der Waals surface area contributed by atoms with Crippen LogP contribution in [-0.2, 0) is 9.59 Å². The lowest BCUT2D eigenvalue weighted by atomic mass is 10.3. The summed E-state index contributed by atoms with van der Waals surface area (Å²) in [5.41, 5.74) is 0. The fourth-order valence-corrected chi connectivity index (χ4v) is 0.423. The number of hydrogen-bond acceptors (Lipinski definition) is 2. The van der Waals surface area contributed by atoms with E-state index in [0.29, 0.717) is 6.42 Å². The standard InChI is InChI=1S/C6H10NO3/c1-2-3-5(8)7-4-6(9)10/h1-4H2,(H,7,8)(H,9,10). The van der Waals surface area contributed by atoms with Crippen molar-refractivity contribution in [3.05, 3.63) is 6.92 Å². The Morgan fingerprint density at radius 2 is 2.10 bits per heavy atom. The van der Waals surface area contributed by atoms with E-state index in [4.69, 9.17) is 5.11 Å². The van der Waals surface area contributed by atoms with Crippen molar-refractivity contribution in [2.24, 2.45) is 0 Å². The predicted molar refractivity (Wildman–Crippen MR) is 35.2 cm³/mol. The fraction of sp³-hybridized carbons (Fsp3) is 0.500. The minimum absolute atomic E-state index is 0.266. The number of hydrogen-bond donors (Lipinski definition) is 2. The molecule has 0 spiro atoms. The molecule has 0 heterocycles. The summed E-state index contributed by atoms with van der Waals surface area (Å²) >= 11 is 0. The van der Waals surface area contributed by atoms with Crippen LogP contribution in [0.2, 0.25) is 0 Å². The van der Waals surface area contributed by atoms with Crippen LogP contribution in [0, 0.1) is 6.92 Å². The minimum Gasteiger partial charge on any atom is -0.480 e. The minimum atomic E-state index is -1.03. The van der Waals surface area contributed by atoms with Crippen LogP contribution in [-0.4, -0.2) is 23.5 Å². The Labute approximate surface area is 59.2 Å². The molecule has 4 nitrogen and oxygen atoms in total. The second-order valence-corrected chi connectivity index (χ2v) is 1.77. The van der Waals surface area contributed by atoms with Crippen LogP contribution in [0.4, 0.5) is 0 Å². The van der Waals surface area contributed by atoms with Crippen molar-refractivity contribution < 1.29 is 14.7 Å². The largest absolute Gasteiger partial charge is 0.480 e. The van der Waals surface area contributed by atoms with Gasteiger partial charge in [-0.25, -0.2) is 0 Å². The molecule has 0 aliphatic rings. The van der Waals surface area contributed by atoms with Crippen molar-refractivity contribution in [1.29, 1.82) is 0 Å². The number of aliphatic carboxylic acids is 1. The first-order valence-electron chi connectivity index (χ1n) is 2.94. The maximum atomic E-state index is 10.5. The van der Waals surface area contributed by atoms with E-state index in [1.807, 2.05) is 0 Å². The van der Waals surface area contributed by atoms with E-state index in [2.05, 4.69) is 12.2 Å². The Kier molecular flexibility index (Phi) is 4.28. The van der Waals surface area contributed by atoms with Gasteiger partial charge in [-0.15, -0.1) is 0 Å². The van der Waals surface area contributed by atoms with E-state index in [1.54, 1.807) is 0 Å². The molecule has 0 aromatic rings. The Morgan fingerprint density at radius 3 is 2.50 bits per heavy atom. The quantitative estimate of drug-likeness (QED) is 0.574. The summed E-state index contributed by atoms with van der Waals surface area (Å²) in [5, 5.41) is 10.3. The zero-order chi connectivity index (χ0) is 7.98. The number of amides is 1. The Balaban J connectivity index is 3.30. The molecule has 0 unspecified atom stereocenters. The molecule has 57 valence electrons. The lowest BCUT2D eigenvalue weighted by molar-refractivity contribution is -0.137. The zero-order valence-corrected chi connectivity index (χ0v) is 5.59. The van der Waals surface area contributed by atoms with Gasteiger partial charge in [0.25, 0.3) is 0 Å². The Bertz CT molecular complexity index is 133. The van der Waals surface area contributed by atoms with Gasteiger partial charge in [-0.1, -0.05) is 6.92 Å². The Hall–Kier alpha value is -1.06. The van der Waals surface area contributed by atoms with Gasteiger partial charge in [-0.3, -0.25) is 9.59 Å². The topological polar surface area (TPSA) is 66.4 Å². The van der Waals surface area contributed by atoms with Gasteiger partial charge in [0.2, 0.25) is 5.91 Å². The van der Waals surface area contributed by atoms with Crippen LogP contribution >= 0.6 is 0 Å². The number of carboxylic acid groups (broad SMARTS) is 1. The van der Waals surface area contributed by atoms with Gasteiger partial charge < -0.3 is 10.4 Å². The second-order valence-electron chi connectivity index (χ2n) is 1.77. The molecule has 0 atom stereocenters. The van der Waals surface area contributed by atoms with E-state index in [-0.39, 0.29) is 18.9 Å². The number of carbonyl (C=O) groups excluding carboxylic acids is 1. The maximum absolute atomic E-state index is 10.5. The molecule has 0 aromatic heterocycles. The highest BCUT2D eigenvalue weighted by Gasteiger charge is 2.00. The van der Waals surface area contributed by atoms with E-state index in [9.17, 15) is 9.59 Å². The van der Waals surface area contributed by atoms with Crippen molar-refractivity contribution in [2.75, 3.05) is 6.54 Å². The molecule has 1 radical (unpaired) electrons. The van der Waals surface area contributed by atoms with Gasteiger partial charge in [0.15, 0.2) is 0 Å². The third kappa shape index (κ3) is 5.08. The van der Waals surface area contributed by atoms with E-state index in [0.717, 1.165) is 0 Å². The van der Waals surface area contributed by atoms with Gasteiger partial charge in [0, 0.05) is 6.42 Å². The molecule has 0 fully saturated rings. The van der Waals surface area contributed by atoms with Crippen LogP contribution in [0.15, 0.2) is 0 Å². The molecule has 2 N–H and O–H groups in total. The lowest BCUT2D eigenvalue weighted by Crippen LogP contribution is -2.28. The van der Waals surface area contributed by atoms with Gasteiger partial charge in [0.05, 0.1) is 0 Å². The van der Waals surface area contributed by atoms with Crippen molar-refractivity contribution >= 4 is 11.9 Å². The summed E-state index contributed by atoms with van der Waals surface area (Å²) in [7, 11) is 0. The predicted octanol–water partition coefficient (Wildman–Crippen LogP) is -0.199. The van der Waals surface area contributed by atoms with Gasteiger partial charge >= 0.3 is 5.97 Å². The van der Waals surface area contributed by atoms with Crippen LogP contribution in [0.5, 0.6) is 0 Å². The van der Waals surface area contributed by atoms with Crippen molar-refractivity contribution in [1.82, 2.24) is 5.32 Å². The molecule has 10 heavy (non-hydrogen) atoms. The van der Waals surface area contributed by atoms with Gasteiger partial charge in [0.1, 0.15) is 6.54 Å². The number of rotatable bonds is 4. The molecule has 0 saturated carbocycles.